The number of carboxylic acid groups (broad SMARTS) is 2. The zero-order valence-corrected chi connectivity index (χ0v) is 24.3. The van der Waals surface area contributed by atoms with Crippen molar-refractivity contribution in [3.05, 3.63) is 33.8 Å². The maximum absolute atomic E-state index is 13.6. The molecule has 0 spiro atoms. The molecule has 0 radical (unpaired) electrons. The second-order valence-corrected chi connectivity index (χ2v) is 10.9. The van der Waals surface area contributed by atoms with Crippen LogP contribution in [0.2, 0.25) is 10.0 Å². The number of rotatable bonds is 10. The highest BCUT2D eigenvalue weighted by atomic mass is 35.5. The van der Waals surface area contributed by atoms with Crippen molar-refractivity contribution in [3.8, 4) is 0 Å². The van der Waals surface area contributed by atoms with Gasteiger partial charge in [0, 0.05) is 26.2 Å². The Bertz CT molecular complexity index is 1120. The largest absolute Gasteiger partial charge is 0.481 e. The lowest BCUT2D eigenvalue weighted by Crippen LogP contribution is -2.68. The molecule has 40 heavy (non-hydrogen) atoms. The Labute approximate surface area is 247 Å². The summed E-state index contributed by atoms with van der Waals surface area (Å²) >= 11 is 17.4. The molecule has 0 bridgehead atoms. The fourth-order valence-corrected chi connectivity index (χ4v) is 5.57. The minimum Gasteiger partial charge on any atom is -0.481 e. The molecule has 2 fully saturated rings. The van der Waals surface area contributed by atoms with E-state index in [0.29, 0.717) is 22.2 Å². The molecule has 0 aromatic heterocycles. The van der Waals surface area contributed by atoms with Crippen molar-refractivity contribution >= 4 is 64.5 Å². The van der Waals surface area contributed by atoms with E-state index < -0.39 is 42.6 Å². The van der Waals surface area contributed by atoms with Gasteiger partial charge in [0.2, 0.25) is 5.91 Å². The molecule has 0 aliphatic carbocycles. The average Bonchev–Trinajstić information content (AvgIpc) is 3.41. The summed E-state index contributed by atoms with van der Waals surface area (Å²) in [5, 5.41) is 24.4. The Morgan fingerprint density at radius 2 is 1.73 bits per heavy atom. The van der Waals surface area contributed by atoms with Gasteiger partial charge in [0.1, 0.15) is 6.04 Å². The van der Waals surface area contributed by atoms with Crippen LogP contribution in [0, 0.1) is 0 Å². The van der Waals surface area contributed by atoms with Gasteiger partial charge >= 0.3 is 18.0 Å². The van der Waals surface area contributed by atoms with Crippen molar-refractivity contribution in [2.75, 3.05) is 46.4 Å². The van der Waals surface area contributed by atoms with E-state index in [0.717, 1.165) is 25.9 Å². The van der Waals surface area contributed by atoms with Crippen LogP contribution in [0.4, 0.5) is 4.79 Å². The van der Waals surface area contributed by atoms with E-state index in [1.165, 1.54) is 12.0 Å². The monoisotopic (exact) mass is 617 g/mol. The Morgan fingerprint density at radius 3 is 2.33 bits per heavy atom. The molecule has 3 atom stereocenters. The first-order valence-corrected chi connectivity index (χ1v) is 14.0. The van der Waals surface area contributed by atoms with Crippen LogP contribution in [0.15, 0.2) is 18.2 Å². The van der Waals surface area contributed by atoms with Gasteiger partial charge in [-0.3, -0.25) is 14.5 Å². The van der Waals surface area contributed by atoms with Crippen LogP contribution in [-0.4, -0.2) is 118 Å². The Balaban J connectivity index is 1.83. The zero-order valence-electron chi connectivity index (χ0n) is 22.0. The summed E-state index contributed by atoms with van der Waals surface area (Å²) < 4.78 is 5.02. The second kappa shape index (κ2) is 14.7. The molecule has 15 heteroatoms. The number of carboxylic acids is 2. The van der Waals surface area contributed by atoms with E-state index in [4.69, 9.17) is 45.3 Å². The van der Waals surface area contributed by atoms with E-state index in [1.54, 1.807) is 23.1 Å². The van der Waals surface area contributed by atoms with Gasteiger partial charge < -0.3 is 35.4 Å². The first kappa shape index (κ1) is 31.7. The molecule has 0 saturated carbocycles. The predicted molar refractivity (Wildman–Crippen MR) is 152 cm³/mol. The minimum atomic E-state index is -1.44. The number of hydrogen-bond acceptors (Lipinski definition) is 7. The third kappa shape index (κ3) is 8.56. The van der Waals surface area contributed by atoms with Gasteiger partial charge in [0.05, 0.1) is 42.1 Å². The van der Waals surface area contributed by atoms with Crippen molar-refractivity contribution in [1.82, 2.24) is 25.3 Å². The Kier molecular flexibility index (Phi) is 11.6. The highest BCUT2D eigenvalue weighted by Gasteiger charge is 2.42. The van der Waals surface area contributed by atoms with E-state index in [-0.39, 0.29) is 37.1 Å². The lowest BCUT2D eigenvalue weighted by molar-refractivity contribution is -0.145. The molecule has 4 N–H and O–H groups in total. The van der Waals surface area contributed by atoms with Crippen LogP contribution < -0.4 is 10.6 Å². The van der Waals surface area contributed by atoms with Gasteiger partial charge in [-0.2, -0.15) is 0 Å². The van der Waals surface area contributed by atoms with Gasteiger partial charge in [-0.25, -0.2) is 9.59 Å². The van der Waals surface area contributed by atoms with Gasteiger partial charge in [0.15, 0.2) is 5.11 Å². The van der Waals surface area contributed by atoms with Crippen LogP contribution in [0.25, 0.3) is 0 Å². The number of thiocarbonyl (C=S) groups is 1. The molecule has 2 aliphatic heterocycles. The highest BCUT2D eigenvalue weighted by Crippen LogP contribution is 2.25. The number of methoxy groups -OCH3 is 1. The number of amides is 2. The fraction of sp³-hybridized carbons (Fsp3) is 0.560. The SMILES string of the molecule is COC(=O)N1CCN(C(=O)Cc2ccc(Cl)c(Cl)c2)C(CN2CCCC2)C1CNC(=S)NC(CC(=O)O)C(=O)O. The maximum Gasteiger partial charge on any atom is 0.409 e. The molecule has 1 aromatic carbocycles. The summed E-state index contributed by atoms with van der Waals surface area (Å²) in [7, 11) is 1.28. The number of nitrogens with one attached hydrogen (secondary N) is 2. The summed E-state index contributed by atoms with van der Waals surface area (Å²) in [4.78, 5) is 54.4. The number of hydrogen-bond donors (Lipinski definition) is 4. The molecule has 12 nitrogen and oxygen atoms in total. The molecular formula is C25H33Cl2N5O7S. The number of ether oxygens (including phenoxy) is 1. The number of aliphatic carboxylic acids is 2. The van der Waals surface area contributed by atoms with Gasteiger partial charge in [-0.1, -0.05) is 29.3 Å². The van der Waals surface area contributed by atoms with E-state index in [2.05, 4.69) is 15.5 Å². The average molecular weight is 619 g/mol. The van der Waals surface area contributed by atoms with E-state index in [1.807, 2.05) is 0 Å². The van der Waals surface area contributed by atoms with Crippen LogP contribution >= 0.6 is 35.4 Å². The number of piperazine rings is 1. The van der Waals surface area contributed by atoms with Crippen LogP contribution in [0.1, 0.15) is 24.8 Å². The molecular weight excluding hydrogens is 585 g/mol. The molecule has 1 aromatic rings. The van der Waals surface area contributed by atoms with Gasteiger partial charge in [-0.15, -0.1) is 0 Å². The Hall–Kier alpha value is -2.87. The number of benzene rings is 1. The van der Waals surface area contributed by atoms with Crippen molar-refractivity contribution < 1.29 is 34.1 Å². The second-order valence-electron chi connectivity index (χ2n) is 9.66. The number of halogens is 2. The lowest BCUT2D eigenvalue weighted by atomic mass is 9.99. The fourth-order valence-electron chi connectivity index (χ4n) is 5.02. The molecule has 3 unspecified atom stereocenters. The summed E-state index contributed by atoms with van der Waals surface area (Å²) in [6.45, 7) is 2.78. The van der Waals surface area contributed by atoms with Crippen molar-refractivity contribution in [3.63, 3.8) is 0 Å². The first-order chi connectivity index (χ1) is 19.0. The number of nitrogens with zero attached hydrogens (tertiary/aromatic N) is 3. The topological polar surface area (TPSA) is 152 Å². The summed E-state index contributed by atoms with van der Waals surface area (Å²) in [5.74, 6) is -2.81. The molecule has 220 valence electrons. The lowest BCUT2D eigenvalue weighted by Gasteiger charge is -2.48. The molecule has 3 rings (SSSR count). The van der Waals surface area contributed by atoms with E-state index >= 15 is 0 Å². The molecule has 2 amide bonds. The number of likely N-dealkylation sites (tertiary alicyclic amines) is 1. The summed E-state index contributed by atoms with van der Waals surface area (Å²) in [6.07, 6.45) is 0.900. The Morgan fingerprint density at radius 1 is 1.05 bits per heavy atom. The third-order valence-electron chi connectivity index (χ3n) is 6.99. The third-order valence-corrected chi connectivity index (χ3v) is 7.99. The van der Waals surface area contributed by atoms with Crippen LogP contribution in [0.3, 0.4) is 0 Å². The first-order valence-electron chi connectivity index (χ1n) is 12.8. The number of carbonyl (C=O) groups is 4. The normalized spacial score (nSPS) is 20.1. The van der Waals surface area contributed by atoms with E-state index in [9.17, 15) is 24.3 Å². The molecule has 2 saturated heterocycles. The summed E-state index contributed by atoms with van der Waals surface area (Å²) in [6, 6.07) is 2.57. The van der Waals surface area contributed by atoms with Crippen molar-refractivity contribution in [2.45, 2.75) is 43.8 Å². The minimum absolute atomic E-state index is 0.0649. The van der Waals surface area contributed by atoms with Gasteiger partial charge in [-0.05, 0) is 55.8 Å². The zero-order chi connectivity index (χ0) is 29.4. The highest BCUT2D eigenvalue weighted by molar-refractivity contribution is 7.80. The van der Waals surface area contributed by atoms with Crippen LogP contribution in [-0.2, 0) is 25.5 Å². The quantitative estimate of drug-likeness (QED) is 0.284. The van der Waals surface area contributed by atoms with Crippen molar-refractivity contribution in [2.24, 2.45) is 0 Å². The molecule has 2 heterocycles. The molecule has 2 aliphatic rings. The van der Waals surface area contributed by atoms with Crippen molar-refractivity contribution in [1.29, 1.82) is 0 Å². The summed E-state index contributed by atoms with van der Waals surface area (Å²) in [5.41, 5.74) is 0.702. The smallest absolute Gasteiger partial charge is 0.409 e. The predicted octanol–water partition coefficient (Wildman–Crippen LogP) is 1.67. The maximum atomic E-state index is 13.6. The van der Waals surface area contributed by atoms with Gasteiger partial charge in [0.25, 0.3) is 0 Å². The standard InChI is InChI=1S/C25H33Cl2N5O7S/c1-39-25(38)32-9-8-31(21(33)11-15-4-5-16(26)17(27)10-15)20(14-30-6-2-3-7-30)19(32)13-28-24(40)29-18(23(36)37)12-22(34)35/h4-5,10,18-20H,2-3,6-9,11-14H2,1H3,(H,34,35)(H,36,37)(H2,28,29,40). The number of carbonyl (C=O) groups excluding carboxylic acids is 2. The van der Waals surface area contributed by atoms with Crippen LogP contribution in [0.5, 0.6) is 0 Å².